The van der Waals surface area contributed by atoms with Crippen molar-refractivity contribution in [3.05, 3.63) is 53.8 Å². The lowest BCUT2D eigenvalue weighted by Gasteiger charge is -2.14. The third kappa shape index (κ3) is 3.57. The molecule has 0 heterocycles. The van der Waals surface area contributed by atoms with Crippen molar-refractivity contribution in [3.8, 4) is 5.75 Å². The largest absolute Gasteiger partial charge is 0.495 e. The number of hydrogen-bond acceptors (Lipinski definition) is 3. The summed E-state index contributed by atoms with van der Waals surface area (Å²) < 4.78 is 45.8. The first kappa shape index (κ1) is 16.3. The van der Waals surface area contributed by atoms with Gasteiger partial charge in [0.1, 0.15) is 16.5 Å². The van der Waals surface area contributed by atoms with Crippen molar-refractivity contribution in [2.24, 2.45) is 0 Å². The third-order valence-electron chi connectivity index (χ3n) is 3.22. The summed E-state index contributed by atoms with van der Waals surface area (Å²) in [5.74, 6) is -0.0922. The van der Waals surface area contributed by atoms with Gasteiger partial charge in [-0.15, -0.1) is 0 Å². The number of sulfonamides is 1. The summed E-state index contributed by atoms with van der Waals surface area (Å²) in [6.07, 6.45) is 0. The lowest BCUT2D eigenvalue weighted by atomic mass is 10.0. The van der Waals surface area contributed by atoms with Gasteiger partial charge in [-0.25, -0.2) is 12.8 Å². The van der Waals surface area contributed by atoms with Crippen LogP contribution in [0.15, 0.2) is 47.4 Å². The van der Waals surface area contributed by atoms with Crippen molar-refractivity contribution in [1.82, 2.24) is 0 Å². The zero-order valence-corrected chi connectivity index (χ0v) is 13.4. The zero-order valence-electron chi connectivity index (χ0n) is 12.6. The molecule has 0 aliphatic heterocycles. The van der Waals surface area contributed by atoms with E-state index in [1.54, 1.807) is 12.1 Å². The van der Waals surface area contributed by atoms with Crippen LogP contribution in [-0.2, 0) is 10.0 Å². The van der Waals surface area contributed by atoms with Gasteiger partial charge in [0.25, 0.3) is 10.0 Å². The number of benzene rings is 2. The Kier molecular flexibility index (Phi) is 4.71. The molecule has 2 rings (SSSR count). The highest BCUT2D eigenvalue weighted by molar-refractivity contribution is 7.92. The fourth-order valence-corrected chi connectivity index (χ4v) is 3.28. The van der Waals surface area contributed by atoms with Gasteiger partial charge < -0.3 is 4.74 Å². The van der Waals surface area contributed by atoms with Crippen molar-refractivity contribution in [2.45, 2.75) is 24.7 Å². The summed E-state index contributed by atoms with van der Waals surface area (Å²) in [5, 5.41) is 0. The molecule has 22 heavy (non-hydrogen) atoms. The number of nitrogens with one attached hydrogen (secondary N) is 1. The van der Waals surface area contributed by atoms with E-state index in [0.717, 1.165) is 11.6 Å². The van der Waals surface area contributed by atoms with Crippen LogP contribution < -0.4 is 9.46 Å². The second-order valence-corrected chi connectivity index (χ2v) is 6.83. The number of halogens is 1. The number of anilines is 1. The molecule has 0 fully saturated rings. The number of methoxy groups -OCH3 is 1. The molecule has 0 spiro atoms. The summed E-state index contributed by atoms with van der Waals surface area (Å²) in [5.41, 5.74) is 1.04. The Labute approximate surface area is 130 Å². The molecular formula is C16H18FNO3S. The molecular weight excluding hydrogens is 305 g/mol. The van der Waals surface area contributed by atoms with Crippen LogP contribution in [0.1, 0.15) is 25.3 Å². The molecule has 0 bridgehead atoms. The second kappa shape index (κ2) is 6.36. The van der Waals surface area contributed by atoms with E-state index in [1.165, 1.54) is 25.3 Å². The number of rotatable bonds is 5. The lowest BCUT2D eigenvalue weighted by Crippen LogP contribution is -2.14. The molecule has 0 saturated heterocycles. The maximum Gasteiger partial charge on any atom is 0.265 e. The Hall–Kier alpha value is -2.08. The first-order valence-electron chi connectivity index (χ1n) is 6.80. The van der Waals surface area contributed by atoms with Crippen LogP contribution in [0.25, 0.3) is 0 Å². The molecule has 2 aromatic rings. The fourth-order valence-electron chi connectivity index (χ4n) is 2.02. The molecule has 0 saturated carbocycles. The monoisotopic (exact) mass is 323 g/mol. The highest BCUT2D eigenvalue weighted by Crippen LogP contribution is 2.29. The van der Waals surface area contributed by atoms with Crippen molar-refractivity contribution in [3.63, 3.8) is 0 Å². The predicted molar refractivity (Wildman–Crippen MR) is 84.3 cm³/mol. The molecule has 6 heteroatoms. The van der Waals surface area contributed by atoms with Gasteiger partial charge >= 0.3 is 0 Å². The van der Waals surface area contributed by atoms with Crippen LogP contribution in [0.3, 0.4) is 0 Å². The molecule has 2 aromatic carbocycles. The van der Waals surface area contributed by atoms with Crippen molar-refractivity contribution in [2.75, 3.05) is 11.8 Å². The van der Waals surface area contributed by atoms with Gasteiger partial charge in [-0.2, -0.15) is 0 Å². The average molecular weight is 323 g/mol. The molecule has 0 radical (unpaired) electrons. The highest BCUT2D eigenvalue weighted by Gasteiger charge is 2.21. The maximum absolute atomic E-state index is 13.2. The van der Waals surface area contributed by atoms with Crippen molar-refractivity contribution >= 4 is 15.7 Å². The van der Waals surface area contributed by atoms with E-state index in [4.69, 9.17) is 4.74 Å². The van der Waals surface area contributed by atoms with Crippen LogP contribution in [0.4, 0.5) is 10.1 Å². The highest BCUT2D eigenvalue weighted by atomic mass is 32.2. The van der Waals surface area contributed by atoms with Crippen LogP contribution in [-0.4, -0.2) is 15.5 Å². The van der Waals surface area contributed by atoms with E-state index in [9.17, 15) is 12.8 Å². The molecule has 0 amide bonds. The number of hydrogen-bond donors (Lipinski definition) is 1. The van der Waals surface area contributed by atoms with E-state index in [0.29, 0.717) is 0 Å². The van der Waals surface area contributed by atoms with Gasteiger partial charge in [0.2, 0.25) is 0 Å². The predicted octanol–water partition coefficient (Wildman–Crippen LogP) is 3.76. The Morgan fingerprint density at radius 3 is 2.45 bits per heavy atom. The van der Waals surface area contributed by atoms with Gasteiger partial charge in [0.15, 0.2) is 0 Å². The Morgan fingerprint density at radius 1 is 1.14 bits per heavy atom. The molecule has 4 nitrogen and oxygen atoms in total. The summed E-state index contributed by atoms with van der Waals surface area (Å²) >= 11 is 0. The Bertz CT molecular complexity index is 773. The maximum atomic E-state index is 13.2. The van der Waals surface area contributed by atoms with Crippen LogP contribution in [0.2, 0.25) is 0 Å². The standard InChI is InChI=1S/C16H18FNO3S/c1-11(2)12-7-8-15(21-3)16(9-12)22(19,20)18-14-6-4-5-13(17)10-14/h4-11,18H,1-3H3. The van der Waals surface area contributed by atoms with Gasteiger partial charge in [-0.3, -0.25) is 4.72 Å². The van der Waals surface area contributed by atoms with Gasteiger partial charge in [-0.05, 0) is 41.8 Å². The minimum absolute atomic E-state index is 0.0328. The lowest BCUT2D eigenvalue weighted by molar-refractivity contribution is 0.402. The zero-order chi connectivity index (χ0) is 16.3. The Morgan fingerprint density at radius 2 is 1.86 bits per heavy atom. The molecule has 0 aliphatic carbocycles. The molecule has 0 aliphatic rings. The first-order chi connectivity index (χ1) is 10.3. The summed E-state index contributed by atoms with van der Waals surface area (Å²) in [6.45, 7) is 3.94. The molecule has 0 unspecified atom stereocenters. The first-order valence-corrected chi connectivity index (χ1v) is 8.28. The van der Waals surface area contributed by atoms with E-state index >= 15 is 0 Å². The van der Waals surface area contributed by atoms with Crippen molar-refractivity contribution in [1.29, 1.82) is 0 Å². The van der Waals surface area contributed by atoms with Gasteiger partial charge in [0.05, 0.1) is 12.8 Å². The summed E-state index contributed by atoms with van der Waals surface area (Å²) in [4.78, 5) is 0.0328. The van der Waals surface area contributed by atoms with Crippen LogP contribution >= 0.6 is 0 Å². The van der Waals surface area contributed by atoms with E-state index in [2.05, 4.69) is 4.72 Å². The van der Waals surface area contributed by atoms with Crippen LogP contribution in [0.5, 0.6) is 5.75 Å². The summed E-state index contributed by atoms with van der Waals surface area (Å²) in [7, 11) is -2.46. The van der Waals surface area contributed by atoms with Crippen molar-refractivity contribution < 1.29 is 17.5 Å². The number of ether oxygens (including phenoxy) is 1. The second-order valence-electron chi connectivity index (χ2n) is 5.18. The normalized spacial score (nSPS) is 11.5. The van der Waals surface area contributed by atoms with Crippen LogP contribution in [0, 0.1) is 5.82 Å². The summed E-state index contributed by atoms with van der Waals surface area (Å²) in [6, 6.07) is 10.3. The van der Waals surface area contributed by atoms with E-state index in [1.807, 2.05) is 19.9 Å². The molecule has 118 valence electrons. The minimum Gasteiger partial charge on any atom is -0.495 e. The Balaban J connectivity index is 2.46. The topological polar surface area (TPSA) is 55.4 Å². The third-order valence-corrected chi connectivity index (χ3v) is 4.62. The van der Waals surface area contributed by atoms with Gasteiger partial charge in [-0.1, -0.05) is 26.0 Å². The minimum atomic E-state index is -3.87. The average Bonchev–Trinajstić information content (AvgIpc) is 2.46. The SMILES string of the molecule is COc1ccc(C(C)C)cc1S(=O)(=O)Nc1cccc(F)c1. The molecule has 1 N–H and O–H groups in total. The molecule has 0 atom stereocenters. The van der Waals surface area contributed by atoms with E-state index in [-0.39, 0.29) is 22.3 Å². The quantitative estimate of drug-likeness (QED) is 0.911. The van der Waals surface area contributed by atoms with Gasteiger partial charge in [0, 0.05) is 0 Å². The smallest absolute Gasteiger partial charge is 0.265 e. The fraction of sp³-hybridized carbons (Fsp3) is 0.250. The van der Waals surface area contributed by atoms with E-state index < -0.39 is 15.8 Å². The molecule has 0 aromatic heterocycles.